The van der Waals surface area contributed by atoms with Crippen LogP contribution in [0.4, 0.5) is 0 Å². The van der Waals surface area contributed by atoms with Crippen molar-refractivity contribution in [3.05, 3.63) is 52.7 Å². The zero-order valence-electron chi connectivity index (χ0n) is 19.0. The number of fused-ring (bicyclic) bond motifs is 3. The Balaban J connectivity index is 1.55. The smallest absolute Gasteiger partial charge is 0.203 e. The summed E-state index contributed by atoms with van der Waals surface area (Å²) < 4.78 is 19.3. The van der Waals surface area contributed by atoms with E-state index >= 15 is 0 Å². The van der Waals surface area contributed by atoms with Crippen LogP contribution in [0, 0.1) is 6.92 Å². The minimum Gasteiger partial charge on any atom is -0.493 e. The van der Waals surface area contributed by atoms with E-state index in [1.54, 1.807) is 32.6 Å². The monoisotopic (exact) mass is 420 g/mol. The second-order valence-corrected chi connectivity index (χ2v) is 8.80. The molecule has 5 heteroatoms. The van der Waals surface area contributed by atoms with Gasteiger partial charge in [0.05, 0.1) is 27.4 Å². The lowest BCUT2D eigenvalue weighted by atomic mass is 9.90. The molecule has 0 saturated carbocycles. The van der Waals surface area contributed by atoms with E-state index < -0.39 is 0 Å². The first kappa shape index (κ1) is 20.3. The molecule has 1 unspecified atom stereocenters. The lowest BCUT2D eigenvalue weighted by Gasteiger charge is -2.34. The van der Waals surface area contributed by atoms with E-state index in [1.165, 1.54) is 41.3 Å². The summed E-state index contributed by atoms with van der Waals surface area (Å²) in [6, 6.07) is 11.6. The molecule has 0 bridgehead atoms. The van der Waals surface area contributed by atoms with E-state index in [2.05, 4.69) is 46.7 Å². The molecule has 5 rings (SSSR count). The third-order valence-electron chi connectivity index (χ3n) is 6.97. The maximum absolute atomic E-state index is 5.60. The van der Waals surface area contributed by atoms with Crippen molar-refractivity contribution in [2.45, 2.75) is 51.7 Å². The summed E-state index contributed by atoms with van der Waals surface area (Å²) in [5.74, 6) is 2.10. The van der Waals surface area contributed by atoms with Crippen molar-refractivity contribution in [3.8, 4) is 17.2 Å². The zero-order chi connectivity index (χ0) is 21.5. The van der Waals surface area contributed by atoms with Crippen LogP contribution in [0.25, 0.3) is 10.9 Å². The predicted molar refractivity (Wildman–Crippen MR) is 123 cm³/mol. The molecule has 2 aliphatic rings. The minimum absolute atomic E-state index is 0.457. The van der Waals surface area contributed by atoms with Gasteiger partial charge in [-0.15, -0.1) is 0 Å². The van der Waals surface area contributed by atoms with Gasteiger partial charge in [-0.3, -0.25) is 4.90 Å². The van der Waals surface area contributed by atoms with Crippen molar-refractivity contribution in [2.75, 3.05) is 27.9 Å². The van der Waals surface area contributed by atoms with Crippen LogP contribution in [0.5, 0.6) is 17.2 Å². The average Bonchev–Trinajstić information content (AvgIpc) is 2.98. The summed E-state index contributed by atoms with van der Waals surface area (Å²) in [7, 11) is 5.01. The molecule has 164 valence electrons. The van der Waals surface area contributed by atoms with Gasteiger partial charge in [-0.1, -0.05) is 11.6 Å². The van der Waals surface area contributed by atoms with Crippen molar-refractivity contribution in [3.63, 3.8) is 0 Å². The Hall–Kier alpha value is -2.66. The Kier molecular flexibility index (Phi) is 5.30. The molecule has 0 spiro atoms. The Morgan fingerprint density at radius 2 is 1.71 bits per heavy atom. The fraction of sp³-hybridized carbons (Fsp3) is 0.462. The van der Waals surface area contributed by atoms with Gasteiger partial charge in [0, 0.05) is 36.2 Å². The number of hydrogen-bond acceptors (Lipinski definition) is 4. The number of aromatic nitrogens is 1. The minimum atomic E-state index is 0.457. The van der Waals surface area contributed by atoms with E-state index in [4.69, 9.17) is 14.2 Å². The molecule has 3 aromatic rings. The van der Waals surface area contributed by atoms with Crippen LogP contribution in [-0.4, -0.2) is 37.3 Å². The quantitative estimate of drug-likeness (QED) is 0.564. The Bertz CT molecular complexity index is 1090. The first-order valence-corrected chi connectivity index (χ1v) is 11.3. The summed E-state index contributed by atoms with van der Waals surface area (Å²) in [5.41, 5.74) is 7.09. The van der Waals surface area contributed by atoms with Crippen LogP contribution in [0.2, 0.25) is 0 Å². The van der Waals surface area contributed by atoms with Gasteiger partial charge in [0.1, 0.15) is 0 Å². The topological polar surface area (TPSA) is 35.9 Å². The van der Waals surface area contributed by atoms with Gasteiger partial charge < -0.3 is 18.8 Å². The standard InChI is InChI=1S/C26H32N2O3/c1-17-9-10-21-20(13-17)19-7-5-8-22-25(19)28(21)12-6-11-27(22)16-18-14-23(29-2)26(31-4)24(15-18)30-3/h9-10,13-15,22H,5-8,11-12,16H2,1-4H3. The van der Waals surface area contributed by atoms with Gasteiger partial charge in [-0.2, -0.15) is 0 Å². The van der Waals surface area contributed by atoms with Gasteiger partial charge in [-0.25, -0.2) is 0 Å². The summed E-state index contributed by atoms with van der Waals surface area (Å²) in [6.07, 6.45) is 4.81. The van der Waals surface area contributed by atoms with E-state index in [0.29, 0.717) is 11.8 Å². The summed E-state index contributed by atoms with van der Waals surface area (Å²) in [5, 5.41) is 1.47. The lowest BCUT2D eigenvalue weighted by molar-refractivity contribution is 0.173. The number of ether oxygens (including phenoxy) is 3. The normalized spacial score (nSPS) is 18.5. The third-order valence-corrected chi connectivity index (χ3v) is 6.97. The molecule has 1 aliphatic heterocycles. The van der Waals surface area contributed by atoms with Crippen LogP contribution in [0.1, 0.15) is 47.7 Å². The van der Waals surface area contributed by atoms with Gasteiger partial charge in [0.15, 0.2) is 11.5 Å². The molecule has 0 saturated heterocycles. The SMILES string of the molecule is COc1cc(CN2CCCn3c4c(c5cc(C)ccc53)CCCC42)cc(OC)c1OC. The maximum atomic E-state index is 5.60. The van der Waals surface area contributed by atoms with Gasteiger partial charge in [0.25, 0.3) is 0 Å². The number of benzene rings is 2. The highest BCUT2D eigenvalue weighted by Crippen LogP contribution is 2.44. The molecule has 0 N–H and O–H groups in total. The largest absolute Gasteiger partial charge is 0.493 e. The molecule has 1 aliphatic carbocycles. The number of aryl methyl sites for hydroxylation is 3. The fourth-order valence-corrected chi connectivity index (χ4v) is 5.64. The zero-order valence-corrected chi connectivity index (χ0v) is 19.0. The van der Waals surface area contributed by atoms with Gasteiger partial charge in [-0.05, 0) is 68.0 Å². The van der Waals surface area contributed by atoms with E-state index in [0.717, 1.165) is 37.6 Å². The fourth-order valence-electron chi connectivity index (χ4n) is 5.64. The second-order valence-electron chi connectivity index (χ2n) is 8.80. The highest BCUT2D eigenvalue weighted by Gasteiger charge is 2.33. The Morgan fingerprint density at radius 3 is 2.42 bits per heavy atom. The molecule has 0 amide bonds. The molecular formula is C26H32N2O3. The molecular weight excluding hydrogens is 388 g/mol. The number of methoxy groups -OCH3 is 3. The highest BCUT2D eigenvalue weighted by molar-refractivity contribution is 5.87. The Labute approximate surface area is 184 Å². The van der Waals surface area contributed by atoms with Crippen LogP contribution < -0.4 is 14.2 Å². The second kappa shape index (κ2) is 8.12. The Morgan fingerprint density at radius 1 is 0.935 bits per heavy atom. The van der Waals surface area contributed by atoms with Gasteiger partial charge >= 0.3 is 0 Å². The number of rotatable bonds is 5. The van der Waals surface area contributed by atoms with Crippen LogP contribution in [0.15, 0.2) is 30.3 Å². The van der Waals surface area contributed by atoms with Crippen LogP contribution in [0.3, 0.4) is 0 Å². The molecule has 31 heavy (non-hydrogen) atoms. The molecule has 2 heterocycles. The molecule has 2 aromatic carbocycles. The van der Waals surface area contributed by atoms with Crippen LogP contribution >= 0.6 is 0 Å². The maximum Gasteiger partial charge on any atom is 0.203 e. The summed E-state index contributed by atoms with van der Waals surface area (Å²) in [6.45, 7) is 5.26. The van der Waals surface area contributed by atoms with Crippen LogP contribution in [-0.2, 0) is 19.5 Å². The summed E-state index contributed by atoms with van der Waals surface area (Å²) in [4.78, 5) is 2.66. The lowest BCUT2D eigenvalue weighted by Crippen LogP contribution is -2.31. The number of hydrogen-bond donors (Lipinski definition) is 0. The van der Waals surface area contributed by atoms with Crippen molar-refractivity contribution in [2.24, 2.45) is 0 Å². The van der Waals surface area contributed by atoms with E-state index in [1.807, 2.05) is 0 Å². The van der Waals surface area contributed by atoms with Gasteiger partial charge in [0.2, 0.25) is 5.75 Å². The molecule has 5 nitrogen and oxygen atoms in total. The first-order valence-electron chi connectivity index (χ1n) is 11.3. The number of nitrogens with zero attached hydrogens (tertiary/aromatic N) is 2. The summed E-state index contributed by atoms with van der Waals surface area (Å²) >= 11 is 0. The van der Waals surface area contributed by atoms with E-state index in [9.17, 15) is 0 Å². The van der Waals surface area contributed by atoms with E-state index in [-0.39, 0.29) is 0 Å². The predicted octanol–water partition coefficient (Wildman–Crippen LogP) is 5.26. The van der Waals surface area contributed by atoms with Crippen molar-refractivity contribution >= 4 is 10.9 Å². The van der Waals surface area contributed by atoms with Crippen molar-refractivity contribution < 1.29 is 14.2 Å². The average molecular weight is 421 g/mol. The third kappa shape index (κ3) is 3.35. The first-order chi connectivity index (χ1) is 15.1. The molecule has 1 atom stereocenters. The highest BCUT2D eigenvalue weighted by atomic mass is 16.5. The molecule has 0 fully saturated rings. The van der Waals surface area contributed by atoms with Crippen molar-refractivity contribution in [1.82, 2.24) is 9.47 Å². The molecule has 1 aromatic heterocycles. The van der Waals surface area contributed by atoms with Crippen molar-refractivity contribution in [1.29, 1.82) is 0 Å². The molecule has 0 radical (unpaired) electrons.